The Morgan fingerprint density at radius 1 is 0.560 bits per heavy atom. The van der Waals surface area contributed by atoms with Crippen LogP contribution in [0.25, 0.3) is 0 Å². The highest BCUT2D eigenvalue weighted by atomic mass is 16.5. The van der Waals surface area contributed by atoms with Crippen LogP contribution in [0.1, 0.15) is 206 Å². The van der Waals surface area contributed by atoms with Crippen LogP contribution in [-0.2, 0) is 14.3 Å². The topological polar surface area (TPSA) is 95.9 Å². The maximum absolute atomic E-state index is 12.3. The Balaban J connectivity index is 3.56. The van der Waals surface area contributed by atoms with Crippen molar-refractivity contribution in [2.45, 2.75) is 219 Å². The van der Waals surface area contributed by atoms with Crippen molar-refractivity contribution in [1.29, 1.82) is 0 Å². The third-order valence-electron chi connectivity index (χ3n) is 9.39. The van der Waals surface area contributed by atoms with Crippen LogP contribution in [-0.4, -0.2) is 47.4 Å². The van der Waals surface area contributed by atoms with Gasteiger partial charge in [-0.1, -0.05) is 172 Å². The number of aliphatic hydroxyl groups excluding tert-OH is 2. The molecule has 3 N–H and O–H groups in total. The number of allylic oxidation sites excluding steroid dienone is 5. The maximum atomic E-state index is 12.3. The van der Waals surface area contributed by atoms with Gasteiger partial charge >= 0.3 is 5.97 Å². The number of rotatable bonds is 38. The predicted molar refractivity (Wildman–Crippen MR) is 213 cm³/mol. The van der Waals surface area contributed by atoms with Gasteiger partial charge in [-0.05, 0) is 57.8 Å². The fourth-order valence-electron chi connectivity index (χ4n) is 6.08. The van der Waals surface area contributed by atoms with E-state index in [1.54, 1.807) is 6.08 Å². The molecule has 0 aliphatic carbocycles. The van der Waals surface area contributed by atoms with E-state index >= 15 is 0 Å². The van der Waals surface area contributed by atoms with Gasteiger partial charge in [-0.25, -0.2) is 0 Å². The third kappa shape index (κ3) is 35.9. The molecule has 0 saturated carbocycles. The van der Waals surface area contributed by atoms with Crippen LogP contribution >= 0.6 is 0 Å². The molecule has 0 aromatic rings. The van der Waals surface area contributed by atoms with E-state index in [-0.39, 0.29) is 18.5 Å². The number of carbonyl (C=O) groups is 2. The lowest BCUT2D eigenvalue weighted by atomic mass is 10.1. The van der Waals surface area contributed by atoms with Crippen molar-refractivity contribution >= 4 is 11.9 Å². The second-order valence-electron chi connectivity index (χ2n) is 14.3. The number of esters is 1. The van der Waals surface area contributed by atoms with E-state index in [0.29, 0.717) is 19.4 Å². The van der Waals surface area contributed by atoms with Crippen molar-refractivity contribution in [3.63, 3.8) is 0 Å². The van der Waals surface area contributed by atoms with Crippen LogP contribution in [0.15, 0.2) is 36.5 Å². The van der Waals surface area contributed by atoms with Crippen molar-refractivity contribution in [1.82, 2.24) is 5.32 Å². The monoisotopic (exact) mass is 704 g/mol. The van der Waals surface area contributed by atoms with Gasteiger partial charge in [0.05, 0.1) is 25.4 Å². The van der Waals surface area contributed by atoms with Gasteiger partial charge in [0.25, 0.3) is 0 Å². The summed E-state index contributed by atoms with van der Waals surface area (Å²) >= 11 is 0. The molecule has 292 valence electrons. The lowest BCUT2D eigenvalue weighted by molar-refractivity contribution is -0.143. The molecule has 0 aromatic heterocycles. The maximum Gasteiger partial charge on any atom is 0.305 e. The molecule has 2 unspecified atom stereocenters. The quantitative estimate of drug-likeness (QED) is 0.0338. The van der Waals surface area contributed by atoms with Crippen molar-refractivity contribution in [2.75, 3.05) is 13.2 Å². The summed E-state index contributed by atoms with van der Waals surface area (Å²) in [6.07, 6.45) is 45.5. The smallest absolute Gasteiger partial charge is 0.305 e. The van der Waals surface area contributed by atoms with Gasteiger partial charge < -0.3 is 20.3 Å². The molecule has 1 amide bonds. The number of amides is 1. The van der Waals surface area contributed by atoms with E-state index < -0.39 is 12.1 Å². The first-order valence-electron chi connectivity index (χ1n) is 21.3. The molecular weight excluding hydrogens is 622 g/mol. The van der Waals surface area contributed by atoms with Gasteiger partial charge in [-0.15, -0.1) is 0 Å². The SMILES string of the molecule is CCC/C=C\C/C=C\CCCCCCCC(=O)OCCCCCCCCCCCC(=O)NC(CO)C(O)/C=C/CCCCCCCCCCC. The minimum Gasteiger partial charge on any atom is -0.466 e. The Labute approximate surface area is 309 Å². The Bertz CT molecular complexity index is 823. The molecule has 50 heavy (non-hydrogen) atoms. The zero-order chi connectivity index (χ0) is 36.6. The first-order valence-corrected chi connectivity index (χ1v) is 21.3. The summed E-state index contributed by atoms with van der Waals surface area (Å²) in [5.74, 6) is -0.145. The fourth-order valence-corrected chi connectivity index (χ4v) is 6.08. The molecule has 2 atom stereocenters. The van der Waals surface area contributed by atoms with Crippen LogP contribution in [0.5, 0.6) is 0 Å². The molecule has 0 bridgehead atoms. The van der Waals surface area contributed by atoms with E-state index in [9.17, 15) is 19.8 Å². The Morgan fingerprint density at radius 2 is 1.04 bits per heavy atom. The first kappa shape index (κ1) is 48.1. The second-order valence-corrected chi connectivity index (χ2v) is 14.3. The summed E-state index contributed by atoms with van der Waals surface area (Å²) in [5.41, 5.74) is 0. The average molecular weight is 704 g/mol. The highest BCUT2D eigenvalue weighted by molar-refractivity contribution is 5.76. The zero-order valence-electron chi connectivity index (χ0n) is 32.9. The zero-order valence-corrected chi connectivity index (χ0v) is 32.9. The van der Waals surface area contributed by atoms with Gasteiger partial charge in [0.1, 0.15) is 0 Å². The molecule has 0 fully saturated rings. The van der Waals surface area contributed by atoms with Crippen molar-refractivity contribution in [2.24, 2.45) is 0 Å². The highest BCUT2D eigenvalue weighted by Crippen LogP contribution is 2.13. The molecule has 0 spiro atoms. The van der Waals surface area contributed by atoms with Gasteiger partial charge in [0, 0.05) is 12.8 Å². The van der Waals surface area contributed by atoms with Crippen LogP contribution in [0, 0.1) is 0 Å². The number of carbonyl (C=O) groups excluding carboxylic acids is 2. The molecule has 0 aromatic carbocycles. The van der Waals surface area contributed by atoms with Crippen LogP contribution in [0.4, 0.5) is 0 Å². The normalized spacial score (nSPS) is 13.1. The van der Waals surface area contributed by atoms with E-state index in [0.717, 1.165) is 70.6 Å². The molecule has 0 rings (SSSR count). The number of aliphatic hydroxyl groups is 2. The summed E-state index contributed by atoms with van der Waals surface area (Å²) in [7, 11) is 0. The van der Waals surface area contributed by atoms with Crippen LogP contribution in [0.3, 0.4) is 0 Å². The summed E-state index contributed by atoms with van der Waals surface area (Å²) in [6, 6.07) is -0.647. The molecule has 0 radical (unpaired) electrons. The lowest BCUT2D eigenvalue weighted by Crippen LogP contribution is -2.45. The van der Waals surface area contributed by atoms with E-state index in [2.05, 4.69) is 43.5 Å². The third-order valence-corrected chi connectivity index (χ3v) is 9.39. The lowest BCUT2D eigenvalue weighted by Gasteiger charge is -2.20. The first-order chi connectivity index (χ1) is 24.5. The van der Waals surface area contributed by atoms with Gasteiger partial charge in [0.2, 0.25) is 5.91 Å². The molecule has 0 saturated heterocycles. The van der Waals surface area contributed by atoms with Crippen molar-refractivity contribution in [3.05, 3.63) is 36.5 Å². The predicted octanol–water partition coefficient (Wildman–Crippen LogP) is 11.8. The summed E-state index contributed by atoms with van der Waals surface area (Å²) in [5, 5.41) is 22.9. The Morgan fingerprint density at radius 3 is 1.60 bits per heavy atom. The number of unbranched alkanes of at least 4 members (excludes halogenated alkanes) is 23. The number of hydrogen-bond acceptors (Lipinski definition) is 5. The fraction of sp³-hybridized carbons (Fsp3) is 0.818. The van der Waals surface area contributed by atoms with E-state index in [1.165, 1.54) is 109 Å². The molecule has 0 aliphatic heterocycles. The molecular formula is C44H81NO5. The Kier molecular flexibility index (Phi) is 38.3. The van der Waals surface area contributed by atoms with Gasteiger partial charge in [-0.2, -0.15) is 0 Å². The summed E-state index contributed by atoms with van der Waals surface area (Å²) in [6.45, 7) is 4.73. The van der Waals surface area contributed by atoms with E-state index in [4.69, 9.17) is 4.74 Å². The number of hydrogen-bond donors (Lipinski definition) is 3. The largest absolute Gasteiger partial charge is 0.466 e. The summed E-state index contributed by atoms with van der Waals surface area (Å²) < 4.78 is 5.41. The number of nitrogens with one attached hydrogen (secondary N) is 1. The highest BCUT2D eigenvalue weighted by Gasteiger charge is 2.18. The van der Waals surface area contributed by atoms with Crippen LogP contribution < -0.4 is 5.32 Å². The second kappa shape index (κ2) is 39.9. The number of ether oxygens (including phenoxy) is 1. The minimum atomic E-state index is -0.861. The van der Waals surface area contributed by atoms with Gasteiger partial charge in [-0.3, -0.25) is 9.59 Å². The van der Waals surface area contributed by atoms with Crippen molar-refractivity contribution in [3.8, 4) is 0 Å². The van der Waals surface area contributed by atoms with Crippen LogP contribution in [0.2, 0.25) is 0 Å². The Hall–Kier alpha value is -1.92. The standard InChI is InChI=1S/C44H81NO5/c1-3-5-7-9-11-13-15-16-18-22-26-30-34-38-44(49)50-39-35-31-27-23-19-21-25-29-33-37-43(48)45-41(40-46)42(47)36-32-28-24-20-17-14-12-10-8-6-4-2/h7,9,13,15,32,36,41-42,46-47H,3-6,8,10-12,14,16-31,33-35,37-40H2,1-2H3,(H,45,48)/b9-7-,15-13-,36-32+. The van der Waals surface area contributed by atoms with E-state index in [1.807, 2.05) is 6.08 Å². The molecule has 6 nitrogen and oxygen atoms in total. The summed E-state index contributed by atoms with van der Waals surface area (Å²) in [4.78, 5) is 24.3. The average Bonchev–Trinajstić information content (AvgIpc) is 3.11. The van der Waals surface area contributed by atoms with Gasteiger partial charge in [0.15, 0.2) is 0 Å². The minimum absolute atomic E-state index is 0.0442. The molecule has 0 heterocycles. The molecule has 0 aliphatic rings. The van der Waals surface area contributed by atoms with Crippen molar-refractivity contribution < 1.29 is 24.5 Å². The molecule has 6 heteroatoms.